The molecule has 0 amide bonds. The Morgan fingerprint density at radius 1 is 1.12 bits per heavy atom. The molecule has 0 bridgehead atoms. The molecule has 0 spiro atoms. The number of rotatable bonds is 7. The molecule has 3 rings (SSSR count). The Kier molecular flexibility index (Phi) is 10.1. The second-order valence-corrected chi connectivity index (χ2v) is 7.88. The zero-order valence-electron chi connectivity index (χ0n) is 20.1. The second-order valence-electron chi connectivity index (χ2n) is 7.88. The van der Waals surface area contributed by atoms with Gasteiger partial charge < -0.3 is 19.7 Å². The minimum Gasteiger partial charge on any atom is -0.497 e. The van der Waals surface area contributed by atoms with Crippen LogP contribution in [0, 0.1) is 13.8 Å². The number of halogens is 1. The Bertz CT molecular complexity index is 906. The Labute approximate surface area is 209 Å². The molecule has 8 nitrogen and oxygen atoms in total. The number of guanidine groups is 1. The molecule has 2 aromatic rings. The number of nitrogens with one attached hydrogen (secondary N) is 1. The SMILES string of the molecule is CCNC(=NCc1c(C)nn(C)c1C)N1CCN(Cc2cc(OC)ccc2OC)CC1.I. The topological polar surface area (TPSA) is 67.2 Å². The van der Waals surface area contributed by atoms with Gasteiger partial charge in [0.1, 0.15) is 11.5 Å². The summed E-state index contributed by atoms with van der Waals surface area (Å²) < 4.78 is 12.9. The van der Waals surface area contributed by atoms with Gasteiger partial charge in [-0.05, 0) is 39.0 Å². The standard InChI is InChI=1S/C23H36N6O2.HI/c1-7-24-23(25-15-21-17(2)26-27(4)18(21)3)29-12-10-28(11-13-29)16-19-14-20(30-5)8-9-22(19)31-6;/h8-9,14H,7,10-13,15-16H2,1-6H3,(H,24,25);1H. The van der Waals surface area contributed by atoms with Crippen molar-refractivity contribution >= 4 is 29.9 Å². The Balaban J connectivity index is 0.00000363. The van der Waals surface area contributed by atoms with Crippen molar-refractivity contribution in [2.45, 2.75) is 33.9 Å². The van der Waals surface area contributed by atoms with Crippen LogP contribution in [0.25, 0.3) is 0 Å². The van der Waals surface area contributed by atoms with Gasteiger partial charge in [0.2, 0.25) is 0 Å². The van der Waals surface area contributed by atoms with Crippen LogP contribution >= 0.6 is 24.0 Å². The lowest BCUT2D eigenvalue weighted by Crippen LogP contribution is -2.52. The highest BCUT2D eigenvalue weighted by Crippen LogP contribution is 2.25. The van der Waals surface area contributed by atoms with Crippen molar-refractivity contribution in [3.8, 4) is 11.5 Å². The first-order chi connectivity index (χ1) is 15.0. The highest BCUT2D eigenvalue weighted by Gasteiger charge is 2.21. The minimum atomic E-state index is 0. The number of hydrogen-bond donors (Lipinski definition) is 1. The maximum atomic E-state index is 5.54. The fraction of sp³-hybridized carbons (Fsp3) is 0.565. The first-order valence-electron chi connectivity index (χ1n) is 10.9. The molecule has 1 aromatic heterocycles. The molecular formula is C23H37IN6O2. The fourth-order valence-corrected chi connectivity index (χ4v) is 3.99. The van der Waals surface area contributed by atoms with Crippen molar-refractivity contribution in [3.63, 3.8) is 0 Å². The maximum Gasteiger partial charge on any atom is 0.194 e. The van der Waals surface area contributed by atoms with E-state index in [-0.39, 0.29) is 24.0 Å². The van der Waals surface area contributed by atoms with Crippen LogP contribution in [0.15, 0.2) is 23.2 Å². The minimum absolute atomic E-state index is 0. The van der Waals surface area contributed by atoms with E-state index < -0.39 is 0 Å². The number of methoxy groups -OCH3 is 2. The molecule has 0 unspecified atom stereocenters. The summed E-state index contributed by atoms with van der Waals surface area (Å²) >= 11 is 0. The summed E-state index contributed by atoms with van der Waals surface area (Å²) in [7, 11) is 5.39. The average molecular weight is 556 g/mol. The lowest BCUT2D eigenvalue weighted by atomic mass is 10.1. The van der Waals surface area contributed by atoms with Crippen molar-refractivity contribution in [2.75, 3.05) is 46.9 Å². The third-order valence-corrected chi connectivity index (χ3v) is 5.93. The first kappa shape index (κ1) is 26.2. The molecule has 1 N–H and O–H groups in total. The van der Waals surface area contributed by atoms with Gasteiger partial charge in [-0.25, -0.2) is 4.99 Å². The summed E-state index contributed by atoms with van der Waals surface area (Å²) in [6, 6.07) is 5.98. The number of nitrogens with zero attached hydrogens (tertiary/aromatic N) is 5. The molecule has 0 radical (unpaired) electrons. The predicted molar refractivity (Wildman–Crippen MR) is 139 cm³/mol. The summed E-state index contributed by atoms with van der Waals surface area (Å²) in [5, 5.41) is 7.97. The van der Waals surface area contributed by atoms with E-state index in [1.165, 1.54) is 11.3 Å². The van der Waals surface area contributed by atoms with Crippen molar-refractivity contribution in [3.05, 3.63) is 40.7 Å². The molecule has 178 valence electrons. The molecule has 1 aliphatic heterocycles. The first-order valence-corrected chi connectivity index (χ1v) is 10.9. The van der Waals surface area contributed by atoms with E-state index in [9.17, 15) is 0 Å². The lowest BCUT2D eigenvalue weighted by molar-refractivity contribution is 0.171. The van der Waals surface area contributed by atoms with Crippen molar-refractivity contribution in [2.24, 2.45) is 12.0 Å². The fourth-order valence-electron chi connectivity index (χ4n) is 3.99. The molecule has 1 saturated heterocycles. The second kappa shape index (κ2) is 12.3. The van der Waals surface area contributed by atoms with Gasteiger partial charge in [-0.3, -0.25) is 9.58 Å². The number of ether oxygens (including phenoxy) is 2. The van der Waals surface area contributed by atoms with Gasteiger partial charge in [0.15, 0.2) is 5.96 Å². The normalized spacial score (nSPS) is 14.8. The van der Waals surface area contributed by atoms with Crippen molar-refractivity contribution < 1.29 is 9.47 Å². The van der Waals surface area contributed by atoms with E-state index in [2.05, 4.69) is 47.1 Å². The van der Waals surface area contributed by atoms with Gasteiger partial charge >= 0.3 is 0 Å². The van der Waals surface area contributed by atoms with Crippen LogP contribution in [0.2, 0.25) is 0 Å². The van der Waals surface area contributed by atoms with E-state index in [1.807, 2.05) is 23.9 Å². The number of aryl methyl sites for hydroxylation is 2. The number of hydrogen-bond acceptors (Lipinski definition) is 5. The molecule has 9 heteroatoms. The zero-order chi connectivity index (χ0) is 22.4. The van der Waals surface area contributed by atoms with Crippen molar-refractivity contribution in [1.82, 2.24) is 24.9 Å². The Hall–Kier alpha value is -2.01. The Morgan fingerprint density at radius 3 is 2.41 bits per heavy atom. The molecule has 0 atom stereocenters. The lowest BCUT2D eigenvalue weighted by Gasteiger charge is -2.36. The molecule has 32 heavy (non-hydrogen) atoms. The third-order valence-electron chi connectivity index (χ3n) is 5.93. The van der Waals surface area contributed by atoms with Gasteiger partial charge in [0.25, 0.3) is 0 Å². The third kappa shape index (κ3) is 6.28. The smallest absolute Gasteiger partial charge is 0.194 e. The molecule has 0 saturated carbocycles. The predicted octanol–water partition coefficient (Wildman–Crippen LogP) is 2.96. The zero-order valence-corrected chi connectivity index (χ0v) is 22.5. The number of aromatic nitrogens is 2. The van der Waals surface area contributed by atoms with Crippen LogP contribution in [0.3, 0.4) is 0 Å². The molecule has 2 heterocycles. The summed E-state index contributed by atoms with van der Waals surface area (Å²) in [6.45, 7) is 12.4. The number of benzene rings is 1. The molecule has 1 fully saturated rings. The summed E-state index contributed by atoms with van der Waals surface area (Å²) in [5.74, 6) is 2.74. The van der Waals surface area contributed by atoms with E-state index in [1.54, 1.807) is 14.2 Å². The van der Waals surface area contributed by atoms with Crippen LogP contribution in [0.1, 0.15) is 29.4 Å². The van der Waals surface area contributed by atoms with Crippen LogP contribution < -0.4 is 14.8 Å². The summed E-state index contributed by atoms with van der Waals surface area (Å²) in [5.41, 5.74) is 4.59. The van der Waals surface area contributed by atoms with Crippen LogP contribution in [-0.4, -0.2) is 72.5 Å². The van der Waals surface area contributed by atoms with Gasteiger partial charge in [0.05, 0.1) is 26.5 Å². The number of aliphatic imine (C=N–C) groups is 1. The van der Waals surface area contributed by atoms with Crippen LogP contribution in [0.4, 0.5) is 0 Å². The molecule has 0 aliphatic carbocycles. The van der Waals surface area contributed by atoms with Gasteiger partial charge in [-0.15, -0.1) is 24.0 Å². The molecule has 1 aliphatic rings. The molecule has 1 aromatic carbocycles. The summed E-state index contributed by atoms with van der Waals surface area (Å²) in [4.78, 5) is 9.73. The largest absolute Gasteiger partial charge is 0.497 e. The van der Waals surface area contributed by atoms with Crippen LogP contribution in [-0.2, 0) is 20.1 Å². The quantitative estimate of drug-likeness (QED) is 0.322. The van der Waals surface area contributed by atoms with Crippen molar-refractivity contribution in [1.29, 1.82) is 0 Å². The summed E-state index contributed by atoms with van der Waals surface area (Å²) in [6.07, 6.45) is 0. The van der Waals surface area contributed by atoms with Gasteiger partial charge in [-0.1, -0.05) is 0 Å². The highest BCUT2D eigenvalue weighted by atomic mass is 127. The van der Waals surface area contributed by atoms with E-state index in [0.717, 1.165) is 68.0 Å². The number of piperazine rings is 1. The Morgan fingerprint density at radius 2 is 1.84 bits per heavy atom. The van der Waals surface area contributed by atoms with E-state index in [0.29, 0.717) is 6.54 Å². The maximum absolute atomic E-state index is 5.54. The molecular weight excluding hydrogens is 519 g/mol. The monoisotopic (exact) mass is 556 g/mol. The van der Waals surface area contributed by atoms with Gasteiger partial charge in [0, 0.05) is 63.1 Å². The van der Waals surface area contributed by atoms with E-state index >= 15 is 0 Å². The van der Waals surface area contributed by atoms with E-state index in [4.69, 9.17) is 14.5 Å². The van der Waals surface area contributed by atoms with Gasteiger partial charge in [-0.2, -0.15) is 5.10 Å². The highest BCUT2D eigenvalue weighted by molar-refractivity contribution is 14.0. The van der Waals surface area contributed by atoms with Crippen LogP contribution in [0.5, 0.6) is 11.5 Å². The average Bonchev–Trinajstić information content (AvgIpc) is 3.02.